The van der Waals surface area contributed by atoms with Crippen LogP contribution in [0.4, 0.5) is 13.2 Å². The van der Waals surface area contributed by atoms with Crippen LogP contribution >= 0.6 is 0 Å². The number of rotatable bonds is 4. The summed E-state index contributed by atoms with van der Waals surface area (Å²) in [5.74, 6) is -2.19. The second-order valence-electron chi connectivity index (χ2n) is 7.82. The third kappa shape index (κ3) is 5.57. The summed E-state index contributed by atoms with van der Waals surface area (Å²) in [6.07, 6.45) is -3.48. The molecule has 180 valence electrons. The number of nitrogens with zero attached hydrogens (tertiary/aromatic N) is 3. The van der Waals surface area contributed by atoms with Crippen LogP contribution in [-0.2, 0) is 20.7 Å². The molecule has 1 aromatic rings. The molecule has 0 aliphatic carbocycles. The number of morpholine rings is 1. The Balaban J connectivity index is 0.000000451. The Hall–Kier alpha value is -2.67. The molecule has 1 atom stereocenters. The second kappa shape index (κ2) is 9.86. The largest absolute Gasteiger partial charge is 0.490 e. The fourth-order valence-electron chi connectivity index (χ4n) is 3.67. The number of halogens is 3. The number of carbonyl (C=O) groups excluding carboxylic acids is 2. The Kier molecular flexibility index (Phi) is 7.88. The number of carboxylic acids is 1. The summed E-state index contributed by atoms with van der Waals surface area (Å²) < 4.78 is 43.0. The van der Waals surface area contributed by atoms with Crippen molar-refractivity contribution in [1.29, 1.82) is 0 Å². The molecule has 0 bridgehead atoms. The van der Waals surface area contributed by atoms with Crippen molar-refractivity contribution in [2.24, 2.45) is 0 Å². The van der Waals surface area contributed by atoms with Crippen molar-refractivity contribution in [3.8, 4) is 0 Å². The second-order valence-corrected chi connectivity index (χ2v) is 7.82. The SMILES string of the molecule is CCCc1onc(C)c1C(=O)N1CC2(C1)CN(C)C(C(=O)NC)CO2.O=C(O)C(F)(F)F. The van der Waals surface area contributed by atoms with Gasteiger partial charge in [0.15, 0.2) is 0 Å². The lowest BCUT2D eigenvalue weighted by Crippen LogP contribution is -2.73. The Morgan fingerprint density at radius 3 is 2.34 bits per heavy atom. The molecule has 13 heteroatoms. The topological polar surface area (TPSA) is 125 Å². The Morgan fingerprint density at radius 1 is 1.28 bits per heavy atom. The molecule has 2 aliphatic rings. The molecule has 2 saturated heterocycles. The standard InChI is InChI=1S/C17H26N4O4.C2HF3O2/c1-5-6-13-14(11(2)19-25-13)16(23)21-9-17(10-21)8-20(4)12(7-24-17)15(22)18-3;3-2(4,5)1(6)7/h12H,5-10H2,1-4H3,(H,18,22);(H,6,7). The molecule has 0 saturated carbocycles. The number of ether oxygens (including phenoxy) is 1. The van der Waals surface area contributed by atoms with Gasteiger partial charge in [-0.15, -0.1) is 0 Å². The maximum atomic E-state index is 12.8. The molecular weight excluding hydrogens is 437 g/mol. The van der Waals surface area contributed by atoms with Crippen LogP contribution in [0, 0.1) is 6.92 Å². The summed E-state index contributed by atoms with van der Waals surface area (Å²) in [4.78, 5) is 37.3. The zero-order chi connectivity index (χ0) is 24.3. The summed E-state index contributed by atoms with van der Waals surface area (Å²) >= 11 is 0. The molecular formula is C19H27F3N4O6. The van der Waals surface area contributed by atoms with Crippen molar-refractivity contribution in [3.63, 3.8) is 0 Å². The fraction of sp³-hybridized carbons (Fsp3) is 0.684. The number of likely N-dealkylation sites (N-methyl/N-ethyl adjacent to an activating group) is 2. The van der Waals surface area contributed by atoms with Gasteiger partial charge in [-0.1, -0.05) is 12.1 Å². The molecule has 2 N–H and O–H groups in total. The maximum absolute atomic E-state index is 12.8. The van der Waals surface area contributed by atoms with Crippen molar-refractivity contribution >= 4 is 17.8 Å². The van der Waals surface area contributed by atoms with Gasteiger partial charge in [-0.3, -0.25) is 14.5 Å². The minimum atomic E-state index is -5.08. The highest BCUT2D eigenvalue weighted by Crippen LogP contribution is 2.32. The molecule has 32 heavy (non-hydrogen) atoms. The Bertz CT molecular complexity index is 851. The van der Waals surface area contributed by atoms with Crippen molar-refractivity contribution in [1.82, 2.24) is 20.3 Å². The number of aryl methyl sites for hydroxylation is 2. The van der Waals surface area contributed by atoms with Gasteiger partial charge in [0.2, 0.25) is 5.91 Å². The molecule has 0 aromatic carbocycles. The predicted octanol–water partition coefficient (Wildman–Crippen LogP) is 0.840. The number of aliphatic carboxylic acids is 1. The van der Waals surface area contributed by atoms with Crippen LogP contribution in [0.2, 0.25) is 0 Å². The minimum absolute atomic E-state index is 0.0473. The Morgan fingerprint density at radius 2 is 1.88 bits per heavy atom. The molecule has 2 amide bonds. The average Bonchev–Trinajstić information content (AvgIpc) is 3.05. The predicted molar refractivity (Wildman–Crippen MR) is 104 cm³/mol. The van der Waals surface area contributed by atoms with Gasteiger partial charge in [-0.25, -0.2) is 4.79 Å². The number of likely N-dealkylation sites (tertiary alicyclic amines) is 1. The van der Waals surface area contributed by atoms with Crippen LogP contribution in [0.15, 0.2) is 4.52 Å². The first kappa shape index (κ1) is 25.6. The third-order valence-corrected chi connectivity index (χ3v) is 5.28. The highest BCUT2D eigenvalue weighted by molar-refractivity contribution is 5.97. The molecule has 10 nitrogen and oxygen atoms in total. The van der Waals surface area contributed by atoms with Gasteiger partial charge in [-0.05, 0) is 20.4 Å². The smallest absolute Gasteiger partial charge is 0.475 e. The first-order chi connectivity index (χ1) is 14.8. The van der Waals surface area contributed by atoms with E-state index in [2.05, 4.69) is 10.5 Å². The van der Waals surface area contributed by atoms with E-state index < -0.39 is 12.1 Å². The van der Waals surface area contributed by atoms with Crippen LogP contribution < -0.4 is 5.32 Å². The van der Waals surface area contributed by atoms with E-state index in [-0.39, 0.29) is 23.5 Å². The van der Waals surface area contributed by atoms with Gasteiger partial charge >= 0.3 is 12.1 Å². The number of aromatic nitrogens is 1. The molecule has 2 fully saturated rings. The summed E-state index contributed by atoms with van der Waals surface area (Å²) in [6, 6.07) is -0.281. The van der Waals surface area contributed by atoms with Gasteiger partial charge in [0.25, 0.3) is 5.91 Å². The van der Waals surface area contributed by atoms with Gasteiger partial charge in [0.1, 0.15) is 23.0 Å². The minimum Gasteiger partial charge on any atom is -0.475 e. The number of hydrogen-bond donors (Lipinski definition) is 2. The molecule has 3 rings (SSSR count). The van der Waals surface area contributed by atoms with Gasteiger partial charge in [0, 0.05) is 20.0 Å². The molecule has 3 heterocycles. The van der Waals surface area contributed by atoms with E-state index >= 15 is 0 Å². The van der Waals surface area contributed by atoms with Gasteiger partial charge < -0.3 is 24.6 Å². The fourth-order valence-corrected chi connectivity index (χ4v) is 3.67. The molecule has 1 unspecified atom stereocenters. The van der Waals surface area contributed by atoms with Crippen LogP contribution in [-0.4, -0.2) is 96.0 Å². The van der Waals surface area contributed by atoms with E-state index in [1.54, 1.807) is 18.9 Å². The number of amides is 2. The molecule has 1 spiro atoms. The quantitative estimate of drug-likeness (QED) is 0.672. The molecule has 1 aromatic heterocycles. The number of carboxylic acid groups (broad SMARTS) is 1. The number of alkyl halides is 3. The number of hydrogen-bond acceptors (Lipinski definition) is 7. The lowest BCUT2D eigenvalue weighted by Gasteiger charge is -2.54. The van der Waals surface area contributed by atoms with Crippen molar-refractivity contribution in [2.45, 2.75) is 44.5 Å². The average molecular weight is 464 g/mol. The van der Waals surface area contributed by atoms with Crippen molar-refractivity contribution in [2.75, 3.05) is 40.3 Å². The van der Waals surface area contributed by atoms with Crippen molar-refractivity contribution < 1.29 is 41.9 Å². The molecule has 0 radical (unpaired) electrons. The van der Waals surface area contributed by atoms with E-state index in [9.17, 15) is 22.8 Å². The lowest BCUT2D eigenvalue weighted by molar-refractivity contribution is -0.192. The zero-order valence-electron chi connectivity index (χ0n) is 18.3. The van der Waals surface area contributed by atoms with E-state index in [0.29, 0.717) is 49.7 Å². The first-order valence-corrected chi connectivity index (χ1v) is 9.95. The summed E-state index contributed by atoms with van der Waals surface area (Å²) in [6.45, 7) is 5.84. The van der Waals surface area contributed by atoms with Gasteiger partial charge in [-0.2, -0.15) is 13.2 Å². The van der Waals surface area contributed by atoms with Crippen LogP contribution in [0.25, 0.3) is 0 Å². The normalized spacial score (nSPS) is 20.2. The third-order valence-electron chi connectivity index (χ3n) is 5.28. The van der Waals surface area contributed by atoms with E-state index in [1.165, 1.54) is 0 Å². The van der Waals surface area contributed by atoms with Crippen LogP contribution in [0.5, 0.6) is 0 Å². The number of nitrogens with one attached hydrogen (secondary N) is 1. The monoisotopic (exact) mass is 464 g/mol. The Labute approximate surface area is 182 Å². The summed E-state index contributed by atoms with van der Waals surface area (Å²) in [5, 5.41) is 13.7. The zero-order valence-corrected chi connectivity index (χ0v) is 18.3. The molecule has 2 aliphatic heterocycles. The van der Waals surface area contributed by atoms with Crippen LogP contribution in [0.3, 0.4) is 0 Å². The van der Waals surface area contributed by atoms with E-state index in [1.807, 2.05) is 18.9 Å². The summed E-state index contributed by atoms with van der Waals surface area (Å²) in [7, 11) is 3.54. The highest BCUT2D eigenvalue weighted by Gasteiger charge is 2.51. The first-order valence-electron chi connectivity index (χ1n) is 9.95. The van der Waals surface area contributed by atoms with E-state index in [0.717, 1.165) is 6.42 Å². The highest BCUT2D eigenvalue weighted by atomic mass is 19.4. The van der Waals surface area contributed by atoms with Gasteiger partial charge in [0.05, 0.1) is 25.4 Å². The maximum Gasteiger partial charge on any atom is 0.490 e. The lowest BCUT2D eigenvalue weighted by atomic mass is 9.89. The number of carbonyl (C=O) groups is 3. The van der Waals surface area contributed by atoms with Crippen LogP contribution in [0.1, 0.15) is 35.2 Å². The van der Waals surface area contributed by atoms with Crippen molar-refractivity contribution in [3.05, 3.63) is 17.0 Å². The summed E-state index contributed by atoms with van der Waals surface area (Å²) in [5.41, 5.74) is 0.838. The van der Waals surface area contributed by atoms with E-state index in [4.69, 9.17) is 19.2 Å².